The van der Waals surface area contributed by atoms with Crippen LogP contribution in [0.2, 0.25) is 0 Å². The Balaban J connectivity index is 2.03. The molecule has 18 heavy (non-hydrogen) atoms. The lowest BCUT2D eigenvalue weighted by Crippen LogP contribution is -2.03. The third-order valence-electron chi connectivity index (χ3n) is 2.81. The van der Waals surface area contributed by atoms with Crippen molar-refractivity contribution in [3.8, 4) is 5.75 Å². The van der Waals surface area contributed by atoms with Crippen molar-refractivity contribution in [2.24, 2.45) is 7.05 Å². The number of rotatable bonds is 5. The Bertz CT molecular complexity index is 546. The lowest BCUT2D eigenvalue weighted by atomic mass is 10.0. The fourth-order valence-corrected chi connectivity index (χ4v) is 1.87. The normalized spacial score (nSPS) is 10.3. The lowest BCUT2D eigenvalue weighted by molar-refractivity contribution is 0.0980. The first-order valence-electron chi connectivity index (χ1n) is 5.84. The molecule has 0 aliphatic heterocycles. The summed E-state index contributed by atoms with van der Waals surface area (Å²) in [6, 6.07) is 7.30. The lowest BCUT2D eigenvalue weighted by Gasteiger charge is -2.06. The summed E-state index contributed by atoms with van der Waals surface area (Å²) < 4.78 is 6.92. The van der Waals surface area contributed by atoms with Gasteiger partial charge < -0.3 is 4.74 Å². The van der Waals surface area contributed by atoms with Gasteiger partial charge in [0.25, 0.3) is 0 Å². The van der Waals surface area contributed by atoms with E-state index in [0.717, 1.165) is 5.56 Å². The molecule has 0 atom stereocenters. The summed E-state index contributed by atoms with van der Waals surface area (Å²) in [7, 11) is 3.44. The summed E-state index contributed by atoms with van der Waals surface area (Å²) in [5.74, 6) is 0.727. The number of carbonyl (C=O) groups excluding carboxylic acids is 1. The summed E-state index contributed by atoms with van der Waals surface area (Å²) in [5.41, 5.74) is 1.71. The highest BCUT2D eigenvalue weighted by atomic mass is 16.5. The molecule has 4 heteroatoms. The molecular formula is C14H16N2O2. The Kier molecular flexibility index (Phi) is 3.77. The van der Waals surface area contributed by atoms with Crippen molar-refractivity contribution in [1.29, 1.82) is 0 Å². The molecule has 1 aromatic carbocycles. The molecule has 0 saturated heterocycles. The van der Waals surface area contributed by atoms with Crippen molar-refractivity contribution in [1.82, 2.24) is 9.78 Å². The maximum absolute atomic E-state index is 12.1. The van der Waals surface area contributed by atoms with Crippen LogP contribution in [0.1, 0.15) is 22.3 Å². The summed E-state index contributed by atoms with van der Waals surface area (Å²) in [6.45, 7) is 0. The largest absolute Gasteiger partial charge is 0.496 e. The van der Waals surface area contributed by atoms with Crippen molar-refractivity contribution < 1.29 is 9.53 Å². The second-order valence-corrected chi connectivity index (χ2v) is 4.15. The van der Waals surface area contributed by atoms with Gasteiger partial charge in [0.2, 0.25) is 0 Å². The van der Waals surface area contributed by atoms with Crippen LogP contribution in [0.3, 0.4) is 0 Å². The number of nitrogens with zero attached hydrogens (tertiary/aromatic N) is 2. The molecule has 1 heterocycles. The molecule has 0 aliphatic carbocycles. The van der Waals surface area contributed by atoms with Crippen LogP contribution in [0, 0.1) is 0 Å². The molecule has 2 rings (SSSR count). The third kappa shape index (κ3) is 2.77. The molecule has 4 nitrogen and oxygen atoms in total. The fraction of sp³-hybridized carbons (Fsp3) is 0.286. The van der Waals surface area contributed by atoms with Crippen LogP contribution in [-0.2, 0) is 13.5 Å². The van der Waals surface area contributed by atoms with Gasteiger partial charge in [-0.3, -0.25) is 9.48 Å². The number of hydrogen-bond acceptors (Lipinski definition) is 3. The van der Waals surface area contributed by atoms with Gasteiger partial charge in [0.15, 0.2) is 5.78 Å². The number of aromatic nitrogens is 2. The van der Waals surface area contributed by atoms with Gasteiger partial charge in [-0.05, 0) is 24.1 Å². The number of ether oxygens (including phenoxy) is 1. The van der Waals surface area contributed by atoms with E-state index in [1.54, 1.807) is 30.1 Å². The highest BCUT2D eigenvalue weighted by Crippen LogP contribution is 2.19. The van der Waals surface area contributed by atoms with Crippen molar-refractivity contribution >= 4 is 5.78 Å². The van der Waals surface area contributed by atoms with Crippen molar-refractivity contribution in [2.75, 3.05) is 7.11 Å². The highest BCUT2D eigenvalue weighted by Gasteiger charge is 2.11. The highest BCUT2D eigenvalue weighted by molar-refractivity contribution is 5.98. The Morgan fingerprint density at radius 2 is 2.17 bits per heavy atom. The molecule has 2 aromatic rings. The van der Waals surface area contributed by atoms with Gasteiger partial charge in [-0.15, -0.1) is 0 Å². The smallest absolute Gasteiger partial charge is 0.166 e. The van der Waals surface area contributed by atoms with Crippen LogP contribution in [-0.4, -0.2) is 22.7 Å². The fourth-order valence-electron chi connectivity index (χ4n) is 1.87. The second-order valence-electron chi connectivity index (χ2n) is 4.15. The van der Waals surface area contributed by atoms with Gasteiger partial charge in [0, 0.05) is 19.7 Å². The predicted octanol–water partition coefficient (Wildman–Crippen LogP) is 2.24. The summed E-state index contributed by atoms with van der Waals surface area (Å²) >= 11 is 0. The quantitative estimate of drug-likeness (QED) is 0.758. The zero-order chi connectivity index (χ0) is 13.0. The number of ketones is 1. The molecule has 0 aliphatic rings. The van der Waals surface area contributed by atoms with Gasteiger partial charge in [-0.1, -0.05) is 12.1 Å². The number of benzene rings is 1. The molecule has 0 amide bonds. The van der Waals surface area contributed by atoms with Crippen LogP contribution in [0.4, 0.5) is 0 Å². The van der Waals surface area contributed by atoms with E-state index in [4.69, 9.17) is 4.74 Å². The van der Waals surface area contributed by atoms with Crippen molar-refractivity contribution in [3.63, 3.8) is 0 Å². The van der Waals surface area contributed by atoms with Crippen LogP contribution in [0.15, 0.2) is 36.7 Å². The van der Waals surface area contributed by atoms with Crippen LogP contribution in [0.5, 0.6) is 5.75 Å². The number of aryl methyl sites for hydroxylation is 2. The predicted molar refractivity (Wildman–Crippen MR) is 68.9 cm³/mol. The SMILES string of the molecule is COc1ccccc1C(=O)CCc1cnn(C)c1. The van der Waals surface area contributed by atoms with Crippen molar-refractivity contribution in [2.45, 2.75) is 12.8 Å². The van der Waals surface area contributed by atoms with E-state index >= 15 is 0 Å². The molecule has 0 saturated carbocycles. The molecule has 0 unspecified atom stereocenters. The average molecular weight is 244 g/mol. The minimum absolute atomic E-state index is 0.0938. The average Bonchev–Trinajstić information content (AvgIpc) is 2.81. The first kappa shape index (κ1) is 12.4. The Labute approximate surface area is 106 Å². The zero-order valence-electron chi connectivity index (χ0n) is 10.6. The number of para-hydroxylation sites is 1. The Morgan fingerprint density at radius 3 is 2.83 bits per heavy atom. The van der Waals surface area contributed by atoms with E-state index in [9.17, 15) is 4.79 Å². The maximum atomic E-state index is 12.1. The number of hydrogen-bond donors (Lipinski definition) is 0. The van der Waals surface area contributed by atoms with E-state index < -0.39 is 0 Å². The number of methoxy groups -OCH3 is 1. The van der Waals surface area contributed by atoms with Crippen LogP contribution >= 0.6 is 0 Å². The second kappa shape index (κ2) is 5.49. The van der Waals surface area contributed by atoms with Gasteiger partial charge >= 0.3 is 0 Å². The molecule has 0 radical (unpaired) electrons. The van der Waals surface area contributed by atoms with Gasteiger partial charge in [-0.2, -0.15) is 5.10 Å². The van der Waals surface area contributed by atoms with Gasteiger partial charge in [0.1, 0.15) is 5.75 Å². The monoisotopic (exact) mass is 244 g/mol. The Morgan fingerprint density at radius 1 is 1.39 bits per heavy atom. The maximum Gasteiger partial charge on any atom is 0.166 e. The van der Waals surface area contributed by atoms with E-state index in [1.165, 1.54) is 0 Å². The van der Waals surface area contributed by atoms with Crippen LogP contribution in [0.25, 0.3) is 0 Å². The zero-order valence-corrected chi connectivity index (χ0v) is 10.6. The number of Topliss-reactive ketones (excluding diaryl/α,β-unsaturated/α-hetero) is 1. The molecule has 94 valence electrons. The van der Waals surface area contributed by atoms with E-state index in [-0.39, 0.29) is 5.78 Å². The van der Waals surface area contributed by atoms with Crippen molar-refractivity contribution in [3.05, 3.63) is 47.8 Å². The Hall–Kier alpha value is -2.10. The minimum Gasteiger partial charge on any atom is -0.496 e. The van der Waals surface area contributed by atoms with Crippen LogP contribution < -0.4 is 4.74 Å². The summed E-state index contributed by atoms with van der Waals surface area (Å²) in [5, 5.41) is 4.08. The number of carbonyl (C=O) groups is 1. The first-order chi connectivity index (χ1) is 8.70. The molecule has 0 N–H and O–H groups in total. The molecular weight excluding hydrogens is 228 g/mol. The van der Waals surface area contributed by atoms with E-state index in [0.29, 0.717) is 24.2 Å². The molecule has 0 bridgehead atoms. The summed E-state index contributed by atoms with van der Waals surface area (Å²) in [6.07, 6.45) is 4.88. The van der Waals surface area contributed by atoms with Gasteiger partial charge in [0.05, 0.1) is 18.9 Å². The minimum atomic E-state index is 0.0938. The molecule has 0 fully saturated rings. The third-order valence-corrected chi connectivity index (χ3v) is 2.81. The molecule has 1 aromatic heterocycles. The van der Waals surface area contributed by atoms with E-state index in [2.05, 4.69) is 5.10 Å². The van der Waals surface area contributed by atoms with Gasteiger partial charge in [-0.25, -0.2) is 0 Å². The van der Waals surface area contributed by atoms with E-state index in [1.807, 2.05) is 25.4 Å². The molecule has 0 spiro atoms. The topological polar surface area (TPSA) is 44.1 Å². The standard InChI is InChI=1S/C14H16N2O2/c1-16-10-11(9-15-16)7-8-13(17)12-5-3-4-6-14(12)18-2/h3-6,9-10H,7-8H2,1-2H3. The summed E-state index contributed by atoms with van der Waals surface area (Å²) in [4.78, 5) is 12.1. The first-order valence-corrected chi connectivity index (χ1v) is 5.84.